The van der Waals surface area contributed by atoms with Gasteiger partial charge in [-0.05, 0) is 24.6 Å². The monoisotopic (exact) mass is 619 g/mol. The molecule has 0 atom stereocenters. The van der Waals surface area contributed by atoms with Gasteiger partial charge in [0.1, 0.15) is 5.75 Å². The van der Waals surface area contributed by atoms with Gasteiger partial charge in [0, 0.05) is 56.4 Å². The first-order chi connectivity index (χ1) is 13.9. The molecule has 152 valence electrons. The molecule has 1 aromatic heterocycles. The SMILES string of the molecule is CC(=O)C(=O)c1c(C)n(Cc2ccccc2)c2cccc(OCC(=O)O)c12.II. The van der Waals surface area contributed by atoms with Gasteiger partial charge in [0.15, 0.2) is 12.4 Å². The standard InChI is InChI=1S/C21H19NO5.I2/c1-13-19(21(26)14(2)23)20-16(9-6-10-17(20)27-12-18(24)25)22(13)11-15-7-4-3-5-8-15;1-2/h3-10H,11-12H2,1-2H3,(H,24,25);. The second-order valence-electron chi connectivity index (χ2n) is 6.25. The zero-order valence-electron chi connectivity index (χ0n) is 15.8. The van der Waals surface area contributed by atoms with Gasteiger partial charge in [-0.15, -0.1) is 0 Å². The second-order valence-corrected chi connectivity index (χ2v) is 6.25. The molecule has 3 rings (SSSR count). The fourth-order valence-electron chi connectivity index (χ4n) is 3.18. The molecule has 0 amide bonds. The number of halogens is 2. The lowest BCUT2D eigenvalue weighted by atomic mass is 10.0. The van der Waals surface area contributed by atoms with Crippen LogP contribution in [0.5, 0.6) is 5.75 Å². The van der Waals surface area contributed by atoms with Crippen LogP contribution in [0.2, 0.25) is 0 Å². The van der Waals surface area contributed by atoms with E-state index in [1.54, 1.807) is 19.1 Å². The third kappa shape index (κ3) is 5.35. The number of fused-ring (bicyclic) bond motifs is 1. The first-order valence-electron chi connectivity index (χ1n) is 8.60. The molecule has 2 aromatic carbocycles. The van der Waals surface area contributed by atoms with Crippen molar-refractivity contribution in [3.8, 4) is 5.75 Å². The summed E-state index contributed by atoms with van der Waals surface area (Å²) in [7, 11) is 0. The summed E-state index contributed by atoms with van der Waals surface area (Å²) in [6.07, 6.45) is 0. The number of hydrogen-bond acceptors (Lipinski definition) is 4. The summed E-state index contributed by atoms with van der Waals surface area (Å²) >= 11 is 4.24. The van der Waals surface area contributed by atoms with Gasteiger partial charge in [-0.3, -0.25) is 9.59 Å². The summed E-state index contributed by atoms with van der Waals surface area (Å²) < 4.78 is 7.33. The number of rotatable bonds is 7. The van der Waals surface area contributed by atoms with Crippen molar-refractivity contribution in [3.05, 3.63) is 65.4 Å². The Hall–Kier alpha value is -1.95. The van der Waals surface area contributed by atoms with Crippen LogP contribution in [0.15, 0.2) is 48.5 Å². The second kappa shape index (κ2) is 10.7. The normalized spacial score (nSPS) is 10.2. The van der Waals surface area contributed by atoms with Crippen LogP contribution in [0.25, 0.3) is 10.9 Å². The fourth-order valence-corrected chi connectivity index (χ4v) is 3.18. The zero-order chi connectivity index (χ0) is 21.6. The molecule has 6 nitrogen and oxygen atoms in total. The number of carboxylic acid groups (broad SMARTS) is 1. The first-order valence-corrected chi connectivity index (χ1v) is 14.9. The third-order valence-corrected chi connectivity index (χ3v) is 4.39. The van der Waals surface area contributed by atoms with Crippen LogP contribution >= 0.6 is 37.2 Å². The lowest BCUT2D eigenvalue weighted by Gasteiger charge is -2.09. The maximum atomic E-state index is 12.6. The van der Waals surface area contributed by atoms with Crippen LogP contribution < -0.4 is 4.74 Å². The van der Waals surface area contributed by atoms with Crippen LogP contribution in [-0.2, 0) is 16.1 Å². The third-order valence-electron chi connectivity index (χ3n) is 4.39. The van der Waals surface area contributed by atoms with E-state index in [4.69, 9.17) is 9.84 Å². The quantitative estimate of drug-likeness (QED) is 0.229. The molecular formula is C21H19I2NO5. The number of ether oxygens (including phenoxy) is 1. The molecule has 0 aliphatic heterocycles. The van der Waals surface area contributed by atoms with Crippen molar-refractivity contribution in [3.63, 3.8) is 0 Å². The van der Waals surface area contributed by atoms with Crippen LogP contribution in [0.4, 0.5) is 0 Å². The Kier molecular flexibility index (Phi) is 8.62. The minimum absolute atomic E-state index is 0.259. The van der Waals surface area contributed by atoms with E-state index >= 15 is 0 Å². The lowest BCUT2D eigenvalue weighted by Crippen LogP contribution is -2.13. The highest BCUT2D eigenvalue weighted by molar-refractivity contribution is 15.0. The van der Waals surface area contributed by atoms with Gasteiger partial charge in [0.25, 0.3) is 0 Å². The number of benzene rings is 2. The smallest absolute Gasteiger partial charge is 0.341 e. The van der Waals surface area contributed by atoms with E-state index in [0.29, 0.717) is 23.1 Å². The van der Waals surface area contributed by atoms with E-state index in [1.165, 1.54) is 6.92 Å². The lowest BCUT2D eigenvalue weighted by molar-refractivity contribution is -0.139. The molecule has 3 aromatic rings. The number of carbonyl (C=O) groups excluding carboxylic acids is 2. The maximum Gasteiger partial charge on any atom is 0.341 e. The molecule has 0 spiro atoms. The van der Waals surface area contributed by atoms with Gasteiger partial charge in [-0.1, -0.05) is 36.4 Å². The molecule has 0 unspecified atom stereocenters. The van der Waals surface area contributed by atoms with E-state index < -0.39 is 24.1 Å². The fraction of sp³-hybridized carbons (Fsp3) is 0.190. The van der Waals surface area contributed by atoms with E-state index in [0.717, 1.165) is 5.56 Å². The number of hydrogen-bond donors (Lipinski definition) is 1. The Labute approximate surface area is 191 Å². The maximum absolute atomic E-state index is 12.6. The highest BCUT2D eigenvalue weighted by Gasteiger charge is 2.25. The number of ketones is 2. The molecule has 0 aliphatic carbocycles. The van der Waals surface area contributed by atoms with E-state index in [1.807, 2.05) is 41.0 Å². The van der Waals surface area contributed by atoms with Crippen molar-refractivity contribution < 1.29 is 24.2 Å². The van der Waals surface area contributed by atoms with Crippen LogP contribution in [0, 0.1) is 6.92 Å². The van der Waals surface area contributed by atoms with E-state index in [-0.39, 0.29) is 11.3 Å². The average molecular weight is 619 g/mol. The molecule has 0 aliphatic rings. The van der Waals surface area contributed by atoms with Gasteiger partial charge in [0.05, 0.1) is 16.5 Å². The van der Waals surface area contributed by atoms with Gasteiger partial charge in [-0.25, -0.2) is 4.79 Å². The topological polar surface area (TPSA) is 85.6 Å². The van der Waals surface area contributed by atoms with Crippen molar-refractivity contribution in [2.75, 3.05) is 6.61 Å². The number of Topliss-reactive ketones (excluding diaryl/α,β-unsaturated/α-hetero) is 2. The number of aromatic nitrogens is 1. The number of carboxylic acids is 1. The molecule has 0 saturated heterocycles. The number of nitrogens with zero attached hydrogens (tertiary/aromatic N) is 1. The first kappa shape index (κ1) is 23.3. The summed E-state index contributed by atoms with van der Waals surface area (Å²) in [4.78, 5) is 35.3. The van der Waals surface area contributed by atoms with Gasteiger partial charge < -0.3 is 14.4 Å². The van der Waals surface area contributed by atoms with Crippen molar-refractivity contribution in [1.29, 1.82) is 0 Å². The van der Waals surface area contributed by atoms with Crippen molar-refractivity contribution in [1.82, 2.24) is 4.57 Å². The number of aliphatic carboxylic acids is 1. The van der Waals surface area contributed by atoms with Crippen LogP contribution in [-0.4, -0.2) is 33.8 Å². The molecule has 0 saturated carbocycles. The highest BCUT2D eigenvalue weighted by Crippen LogP contribution is 2.34. The largest absolute Gasteiger partial charge is 0.481 e. The minimum Gasteiger partial charge on any atom is -0.481 e. The summed E-state index contributed by atoms with van der Waals surface area (Å²) in [5.41, 5.74) is 2.65. The van der Waals surface area contributed by atoms with Gasteiger partial charge in [-0.2, -0.15) is 0 Å². The van der Waals surface area contributed by atoms with Crippen molar-refractivity contribution >= 4 is 65.7 Å². The van der Waals surface area contributed by atoms with Crippen molar-refractivity contribution in [2.45, 2.75) is 20.4 Å². The molecular weight excluding hydrogens is 600 g/mol. The summed E-state index contributed by atoms with van der Waals surface area (Å²) in [5.74, 6) is -2.04. The highest BCUT2D eigenvalue weighted by atomic mass is 128. The van der Waals surface area contributed by atoms with Gasteiger partial charge in [0.2, 0.25) is 5.78 Å². The molecule has 0 radical (unpaired) electrons. The molecule has 0 bridgehead atoms. The molecule has 0 fully saturated rings. The summed E-state index contributed by atoms with van der Waals surface area (Å²) in [6.45, 7) is 2.98. The summed E-state index contributed by atoms with van der Waals surface area (Å²) in [6, 6.07) is 14.9. The minimum atomic E-state index is -1.12. The van der Waals surface area contributed by atoms with E-state index in [9.17, 15) is 14.4 Å². The Morgan fingerprint density at radius 3 is 2.28 bits per heavy atom. The zero-order valence-corrected chi connectivity index (χ0v) is 20.1. The molecule has 29 heavy (non-hydrogen) atoms. The number of carbonyl (C=O) groups is 3. The van der Waals surface area contributed by atoms with Crippen LogP contribution in [0.3, 0.4) is 0 Å². The average Bonchev–Trinajstić information content (AvgIpc) is 3.00. The van der Waals surface area contributed by atoms with Gasteiger partial charge >= 0.3 is 5.97 Å². The Balaban J connectivity index is 0.00000145. The molecule has 8 heteroatoms. The Bertz CT molecular complexity index is 1040. The predicted octanol–water partition coefficient (Wildman–Crippen LogP) is 5.00. The summed E-state index contributed by atoms with van der Waals surface area (Å²) in [5, 5.41) is 9.38. The van der Waals surface area contributed by atoms with E-state index in [2.05, 4.69) is 37.2 Å². The molecule has 1 N–H and O–H groups in total. The Morgan fingerprint density at radius 1 is 1.03 bits per heavy atom. The van der Waals surface area contributed by atoms with Crippen LogP contribution in [0.1, 0.15) is 28.5 Å². The predicted molar refractivity (Wildman–Crippen MR) is 128 cm³/mol. The Morgan fingerprint density at radius 2 is 1.69 bits per heavy atom. The molecule has 1 heterocycles. The van der Waals surface area contributed by atoms with Crippen molar-refractivity contribution in [2.24, 2.45) is 0 Å².